The van der Waals surface area contributed by atoms with Gasteiger partial charge in [-0.25, -0.2) is 4.39 Å². The normalized spacial score (nSPS) is 26.1. The van der Waals surface area contributed by atoms with Gasteiger partial charge in [-0.15, -0.1) is 0 Å². The number of nitrogens with zero attached hydrogens (tertiary/aromatic N) is 2. The number of carbonyl (C=O) groups excluding carboxylic acids is 1. The van der Waals surface area contributed by atoms with Crippen LogP contribution in [-0.4, -0.2) is 34.0 Å². The number of carbonyl (C=O) groups is 1. The Morgan fingerprint density at radius 3 is 2.67 bits per heavy atom. The summed E-state index contributed by atoms with van der Waals surface area (Å²) >= 11 is 0. The molecule has 0 bridgehead atoms. The monoisotopic (exact) mass is 368 g/mol. The lowest BCUT2D eigenvalue weighted by Crippen LogP contribution is -2.56. The second-order valence-electron chi connectivity index (χ2n) is 7.87. The third-order valence-electron chi connectivity index (χ3n) is 6.08. The average Bonchev–Trinajstić information content (AvgIpc) is 2.95. The van der Waals surface area contributed by atoms with E-state index in [0.717, 1.165) is 32.4 Å². The minimum atomic E-state index is -0.305. The molecule has 0 aromatic heterocycles. The summed E-state index contributed by atoms with van der Waals surface area (Å²) in [6.45, 7) is 3.92. The van der Waals surface area contributed by atoms with Gasteiger partial charge in [-0.05, 0) is 62.1 Å². The molecule has 0 radical (unpaired) electrons. The van der Waals surface area contributed by atoms with Gasteiger partial charge in [0.05, 0.1) is 5.54 Å². The van der Waals surface area contributed by atoms with Gasteiger partial charge < -0.3 is 10.0 Å². The molecule has 142 valence electrons. The molecule has 0 aliphatic carbocycles. The van der Waals surface area contributed by atoms with Gasteiger partial charge in [0, 0.05) is 31.2 Å². The van der Waals surface area contributed by atoms with Crippen LogP contribution in [0.1, 0.15) is 38.2 Å². The van der Waals surface area contributed by atoms with Crippen molar-refractivity contribution in [3.63, 3.8) is 0 Å². The second-order valence-corrected chi connectivity index (χ2v) is 7.87. The maximum atomic E-state index is 13.7. The van der Waals surface area contributed by atoms with Crippen LogP contribution in [0.3, 0.4) is 0 Å². The summed E-state index contributed by atoms with van der Waals surface area (Å²) in [7, 11) is 0. The SMILES string of the molecule is C[C@@H]1C[C@]2(CCC(=O)N2c2cccc(F)c2)CCN1Cc1ccc(O)cc1. The Balaban J connectivity index is 1.53. The van der Waals surface area contributed by atoms with E-state index in [1.54, 1.807) is 18.2 Å². The fourth-order valence-corrected chi connectivity index (χ4v) is 4.71. The van der Waals surface area contributed by atoms with Crippen LogP contribution in [0.25, 0.3) is 0 Å². The summed E-state index contributed by atoms with van der Waals surface area (Å²) in [4.78, 5) is 16.9. The van der Waals surface area contributed by atoms with Crippen molar-refractivity contribution < 1.29 is 14.3 Å². The molecule has 1 amide bonds. The fourth-order valence-electron chi connectivity index (χ4n) is 4.71. The highest BCUT2D eigenvalue weighted by Gasteiger charge is 2.49. The van der Waals surface area contributed by atoms with Crippen LogP contribution >= 0.6 is 0 Å². The van der Waals surface area contributed by atoms with E-state index in [1.165, 1.54) is 17.7 Å². The molecule has 2 atom stereocenters. The number of phenolic OH excluding ortho intramolecular Hbond substituents is 1. The van der Waals surface area contributed by atoms with Crippen molar-refractivity contribution >= 4 is 11.6 Å². The minimum absolute atomic E-state index is 0.0970. The number of benzene rings is 2. The number of phenols is 1. The van der Waals surface area contributed by atoms with Crippen molar-refractivity contribution in [2.24, 2.45) is 0 Å². The van der Waals surface area contributed by atoms with Gasteiger partial charge in [0.15, 0.2) is 0 Å². The molecular weight excluding hydrogens is 343 g/mol. The van der Waals surface area contributed by atoms with Gasteiger partial charge in [0.25, 0.3) is 0 Å². The molecule has 5 heteroatoms. The highest BCUT2D eigenvalue weighted by Crippen LogP contribution is 2.44. The molecule has 4 rings (SSSR count). The molecule has 27 heavy (non-hydrogen) atoms. The number of halogens is 1. The smallest absolute Gasteiger partial charge is 0.227 e. The number of piperidine rings is 1. The molecule has 2 saturated heterocycles. The summed E-state index contributed by atoms with van der Waals surface area (Å²) in [5.74, 6) is 0.0690. The minimum Gasteiger partial charge on any atom is -0.508 e. The number of likely N-dealkylation sites (tertiary alicyclic amines) is 1. The molecule has 2 aromatic rings. The molecule has 0 unspecified atom stereocenters. The number of hydrogen-bond acceptors (Lipinski definition) is 3. The van der Waals surface area contributed by atoms with E-state index in [-0.39, 0.29) is 23.0 Å². The highest BCUT2D eigenvalue weighted by atomic mass is 19.1. The molecule has 2 aliphatic heterocycles. The van der Waals surface area contributed by atoms with Gasteiger partial charge in [-0.3, -0.25) is 9.69 Å². The Labute approximate surface area is 159 Å². The maximum absolute atomic E-state index is 13.7. The van der Waals surface area contributed by atoms with Crippen LogP contribution in [0, 0.1) is 5.82 Å². The van der Waals surface area contributed by atoms with Gasteiger partial charge in [-0.1, -0.05) is 18.2 Å². The Morgan fingerprint density at radius 2 is 1.96 bits per heavy atom. The Morgan fingerprint density at radius 1 is 1.19 bits per heavy atom. The molecule has 2 fully saturated rings. The first-order valence-electron chi connectivity index (χ1n) is 9.57. The largest absolute Gasteiger partial charge is 0.508 e. The highest BCUT2D eigenvalue weighted by molar-refractivity contribution is 5.97. The van der Waals surface area contributed by atoms with E-state index in [4.69, 9.17) is 0 Å². The van der Waals surface area contributed by atoms with E-state index in [0.29, 0.717) is 18.2 Å². The average molecular weight is 368 g/mol. The van der Waals surface area contributed by atoms with Gasteiger partial charge in [0.2, 0.25) is 5.91 Å². The molecular formula is C22H25FN2O2. The molecule has 4 nitrogen and oxygen atoms in total. The molecule has 2 aliphatic rings. The van der Waals surface area contributed by atoms with Crippen molar-refractivity contribution in [2.45, 2.75) is 50.7 Å². The van der Waals surface area contributed by atoms with Crippen molar-refractivity contribution in [2.75, 3.05) is 11.4 Å². The third-order valence-corrected chi connectivity index (χ3v) is 6.08. The van der Waals surface area contributed by atoms with Crippen molar-refractivity contribution in [1.29, 1.82) is 0 Å². The topological polar surface area (TPSA) is 43.8 Å². The van der Waals surface area contributed by atoms with Crippen molar-refractivity contribution in [3.8, 4) is 5.75 Å². The second kappa shape index (κ2) is 6.97. The van der Waals surface area contributed by atoms with E-state index < -0.39 is 0 Å². The Bertz CT molecular complexity index is 838. The Hall–Kier alpha value is -2.40. The number of aromatic hydroxyl groups is 1. The van der Waals surface area contributed by atoms with Crippen LogP contribution in [-0.2, 0) is 11.3 Å². The van der Waals surface area contributed by atoms with E-state index in [9.17, 15) is 14.3 Å². The van der Waals surface area contributed by atoms with Crippen molar-refractivity contribution in [3.05, 3.63) is 59.9 Å². The van der Waals surface area contributed by atoms with Crippen molar-refractivity contribution in [1.82, 2.24) is 4.90 Å². The van der Waals surface area contributed by atoms with Gasteiger partial charge in [0.1, 0.15) is 11.6 Å². The van der Waals surface area contributed by atoms with Crippen LogP contribution in [0.15, 0.2) is 48.5 Å². The standard InChI is InChI=1S/C22H25FN2O2/c1-16-14-22(11-12-24(16)15-17-5-7-20(26)8-6-17)10-9-21(27)25(22)19-4-2-3-18(23)13-19/h2-8,13,16,26H,9-12,14-15H2,1H3/t16-,22+/m1/s1. The molecule has 0 saturated carbocycles. The predicted octanol–water partition coefficient (Wildman–Crippen LogP) is 4.08. The number of rotatable bonds is 3. The Kier molecular flexibility index (Phi) is 4.64. The lowest BCUT2D eigenvalue weighted by Gasteiger charge is -2.48. The first-order valence-corrected chi connectivity index (χ1v) is 9.57. The molecule has 2 aromatic carbocycles. The molecule has 2 heterocycles. The van der Waals surface area contributed by atoms with E-state index >= 15 is 0 Å². The zero-order valence-electron chi connectivity index (χ0n) is 15.6. The zero-order valence-corrected chi connectivity index (χ0v) is 15.6. The van der Waals surface area contributed by atoms with Crippen LogP contribution in [0.5, 0.6) is 5.75 Å². The summed E-state index contributed by atoms with van der Waals surface area (Å²) < 4.78 is 13.7. The summed E-state index contributed by atoms with van der Waals surface area (Å²) in [6, 6.07) is 14.0. The number of anilines is 1. The fraction of sp³-hybridized carbons (Fsp3) is 0.409. The number of hydrogen-bond donors (Lipinski definition) is 1. The zero-order chi connectivity index (χ0) is 19.0. The van der Waals surface area contributed by atoms with Crippen LogP contribution in [0.4, 0.5) is 10.1 Å². The lowest BCUT2D eigenvalue weighted by molar-refractivity contribution is -0.117. The lowest BCUT2D eigenvalue weighted by atomic mass is 9.81. The first kappa shape index (κ1) is 18.0. The van der Waals surface area contributed by atoms with E-state index in [2.05, 4.69) is 11.8 Å². The first-order chi connectivity index (χ1) is 13.0. The summed E-state index contributed by atoms with van der Waals surface area (Å²) in [6.07, 6.45) is 3.13. The third kappa shape index (κ3) is 3.44. The van der Waals surface area contributed by atoms with Gasteiger partial charge >= 0.3 is 0 Å². The van der Waals surface area contributed by atoms with Crippen LogP contribution in [0.2, 0.25) is 0 Å². The molecule has 1 spiro atoms. The molecule has 1 N–H and O–H groups in total. The van der Waals surface area contributed by atoms with Gasteiger partial charge in [-0.2, -0.15) is 0 Å². The maximum Gasteiger partial charge on any atom is 0.227 e. The summed E-state index contributed by atoms with van der Waals surface area (Å²) in [5.41, 5.74) is 1.63. The number of amides is 1. The summed E-state index contributed by atoms with van der Waals surface area (Å²) in [5, 5.41) is 9.46. The quantitative estimate of drug-likeness (QED) is 0.888. The van der Waals surface area contributed by atoms with Crippen LogP contribution < -0.4 is 4.90 Å². The predicted molar refractivity (Wildman–Crippen MR) is 103 cm³/mol. The van der Waals surface area contributed by atoms with E-state index in [1.807, 2.05) is 23.1 Å².